The second-order valence-electron chi connectivity index (χ2n) is 6.48. The molecule has 2 aliphatic rings. The van der Waals surface area contributed by atoms with Crippen molar-refractivity contribution < 1.29 is 4.79 Å². The summed E-state index contributed by atoms with van der Waals surface area (Å²) >= 11 is 0. The van der Waals surface area contributed by atoms with Crippen LogP contribution in [-0.2, 0) is 4.79 Å². The van der Waals surface area contributed by atoms with Crippen LogP contribution in [0.3, 0.4) is 0 Å². The molecule has 1 N–H and O–H groups in total. The Balaban J connectivity index is 1.70. The summed E-state index contributed by atoms with van der Waals surface area (Å²) in [6, 6.07) is 0.608. The fourth-order valence-electron chi connectivity index (χ4n) is 3.57. The van der Waals surface area contributed by atoms with Crippen molar-refractivity contribution in [3.05, 3.63) is 11.6 Å². The Morgan fingerprint density at radius 1 is 1.42 bits per heavy atom. The van der Waals surface area contributed by atoms with Crippen LogP contribution >= 0.6 is 0 Å². The molecular formula is C16H28N2O. The highest BCUT2D eigenvalue weighted by Gasteiger charge is 2.22. The molecule has 1 saturated heterocycles. The van der Waals surface area contributed by atoms with Gasteiger partial charge in [-0.05, 0) is 51.0 Å². The van der Waals surface area contributed by atoms with Crippen molar-refractivity contribution in [2.45, 2.75) is 52.5 Å². The molecule has 2 atom stereocenters. The van der Waals surface area contributed by atoms with Gasteiger partial charge in [0.2, 0.25) is 5.91 Å². The van der Waals surface area contributed by atoms with Gasteiger partial charge in [0.05, 0.1) is 0 Å². The van der Waals surface area contributed by atoms with Gasteiger partial charge in [-0.15, -0.1) is 0 Å². The van der Waals surface area contributed by atoms with Gasteiger partial charge in [0.25, 0.3) is 0 Å². The van der Waals surface area contributed by atoms with Gasteiger partial charge in [-0.3, -0.25) is 4.79 Å². The van der Waals surface area contributed by atoms with Gasteiger partial charge in [-0.2, -0.15) is 0 Å². The molecule has 0 saturated carbocycles. The van der Waals surface area contributed by atoms with Crippen LogP contribution in [0.5, 0.6) is 0 Å². The monoisotopic (exact) mass is 264 g/mol. The van der Waals surface area contributed by atoms with Gasteiger partial charge in [0.15, 0.2) is 0 Å². The molecule has 0 aromatic carbocycles. The highest BCUT2D eigenvalue weighted by atomic mass is 16.2. The number of carbonyl (C=O) groups excluding carboxylic acids is 1. The number of piperidine rings is 1. The van der Waals surface area contributed by atoms with Crippen LogP contribution in [0, 0.1) is 11.8 Å². The number of nitrogens with zero attached hydrogens (tertiary/aromatic N) is 1. The standard InChI is InChI=1S/C16H28N2O/c1-12-8-13(2)10-15(9-12)11-17-16-4-6-18(7-5-16)14(3)19/h8,12,15-17H,4-7,9-11H2,1-3H3. The molecule has 2 unspecified atom stereocenters. The molecule has 1 amide bonds. The van der Waals surface area contributed by atoms with Crippen LogP contribution in [0.15, 0.2) is 11.6 Å². The van der Waals surface area contributed by atoms with Crippen LogP contribution in [0.1, 0.15) is 46.5 Å². The smallest absolute Gasteiger partial charge is 0.219 e. The highest BCUT2D eigenvalue weighted by molar-refractivity contribution is 5.73. The van der Waals surface area contributed by atoms with Crippen molar-refractivity contribution >= 4 is 5.91 Å². The first-order chi connectivity index (χ1) is 9.04. The third kappa shape index (κ3) is 4.34. The van der Waals surface area contributed by atoms with E-state index in [1.807, 2.05) is 4.90 Å². The summed E-state index contributed by atoms with van der Waals surface area (Å²) in [7, 11) is 0. The van der Waals surface area contributed by atoms with Crippen molar-refractivity contribution in [3.8, 4) is 0 Å². The maximum absolute atomic E-state index is 11.3. The van der Waals surface area contributed by atoms with Crippen LogP contribution in [0.4, 0.5) is 0 Å². The topological polar surface area (TPSA) is 32.3 Å². The number of hydrogen-bond donors (Lipinski definition) is 1. The minimum Gasteiger partial charge on any atom is -0.343 e. The number of nitrogens with one attached hydrogen (secondary N) is 1. The van der Waals surface area contributed by atoms with Crippen molar-refractivity contribution in [3.63, 3.8) is 0 Å². The molecule has 1 heterocycles. The first-order valence-electron chi connectivity index (χ1n) is 7.70. The molecule has 0 spiro atoms. The first kappa shape index (κ1) is 14.6. The second-order valence-corrected chi connectivity index (χ2v) is 6.48. The zero-order chi connectivity index (χ0) is 13.8. The molecule has 1 aliphatic carbocycles. The maximum atomic E-state index is 11.3. The van der Waals surface area contributed by atoms with Gasteiger partial charge in [0, 0.05) is 26.1 Å². The number of allylic oxidation sites excluding steroid dienone is 2. The summed E-state index contributed by atoms with van der Waals surface area (Å²) in [5.41, 5.74) is 1.55. The third-order valence-corrected chi connectivity index (χ3v) is 4.52. The quantitative estimate of drug-likeness (QED) is 0.795. The molecule has 0 radical (unpaired) electrons. The lowest BCUT2D eigenvalue weighted by molar-refractivity contribution is -0.129. The predicted octanol–water partition coefficient (Wildman–Crippen LogP) is 2.58. The van der Waals surface area contributed by atoms with E-state index in [1.54, 1.807) is 12.5 Å². The Morgan fingerprint density at radius 2 is 2.11 bits per heavy atom. The van der Waals surface area contributed by atoms with E-state index in [4.69, 9.17) is 0 Å². The maximum Gasteiger partial charge on any atom is 0.219 e. The normalized spacial score (nSPS) is 29.2. The van der Waals surface area contributed by atoms with Crippen LogP contribution < -0.4 is 5.32 Å². The third-order valence-electron chi connectivity index (χ3n) is 4.52. The molecule has 1 aliphatic heterocycles. The summed E-state index contributed by atoms with van der Waals surface area (Å²) in [6.45, 7) is 9.24. The molecule has 108 valence electrons. The Bertz CT molecular complexity index is 343. The highest BCUT2D eigenvalue weighted by Crippen LogP contribution is 2.27. The summed E-state index contributed by atoms with van der Waals surface area (Å²) < 4.78 is 0. The zero-order valence-corrected chi connectivity index (χ0v) is 12.6. The van der Waals surface area contributed by atoms with Gasteiger partial charge in [-0.25, -0.2) is 0 Å². The number of hydrogen-bond acceptors (Lipinski definition) is 2. The fraction of sp³-hybridized carbons (Fsp3) is 0.812. The number of amides is 1. The Hall–Kier alpha value is -0.830. The van der Waals surface area contributed by atoms with Gasteiger partial charge >= 0.3 is 0 Å². The number of rotatable bonds is 3. The summed E-state index contributed by atoms with van der Waals surface area (Å²) in [6.07, 6.45) is 7.20. The minimum atomic E-state index is 0.223. The molecular weight excluding hydrogens is 236 g/mol. The van der Waals surface area contributed by atoms with Crippen LogP contribution in [0.2, 0.25) is 0 Å². The lowest BCUT2D eigenvalue weighted by Crippen LogP contribution is -2.45. The van der Waals surface area contributed by atoms with Crippen molar-refractivity contribution in [1.82, 2.24) is 10.2 Å². The molecule has 3 heteroatoms. The molecule has 0 aromatic rings. The molecule has 1 fully saturated rings. The van der Waals surface area contributed by atoms with E-state index in [1.165, 1.54) is 12.8 Å². The fourth-order valence-corrected chi connectivity index (χ4v) is 3.57. The molecule has 19 heavy (non-hydrogen) atoms. The lowest BCUT2D eigenvalue weighted by Gasteiger charge is -2.33. The van der Waals surface area contributed by atoms with Crippen LogP contribution in [0.25, 0.3) is 0 Å². The van der Waals surface area contributed by atoms with E-state index < -0.39 is 0 Å². The summed E-state index contributed by atoms with van der Waals surface area (Å²) in [5.74, 6) is 1.76. The van der Waals surface area contributed by atoms with Gasteiger partial charge in [0.1, 0.15) is 0 Å². The second kappa shape index (κ2) is 6.56. The van der Waals surface area contributed by atoms with Gasteiger partial charge < -0.3 is 10.2 Å². The number of likely N-dealkylation sites (tertiary alicyclic amines) is 1. The average Bonchev–Trinajstić information content (AvgIpc) is 2.36. The SMILES string of the molecule is CC(=O)N1CCC(NCC2CC(C)=CC(C)C2)CC1. The molecule has 2 rings (SSSR count). The molecule has 0 aromatic heterocycles. The summed E-state index contributed by atoms with van der Waals surface area (Å²) in [4.78, 5) is 13.2. The van der Waals surface area contributed by atoms with E-state index >= 15 is 0 Å². The van der Waals surface area contributed by atoms with E-state index in [0.29, 0.717) is 6.04 Å². The van der Waals surface area contributed by atoms with Crippen molar-refractivity contribution in [2.24, 2.45) is 11.8 Å². The Kier molecular flexibility index (Phi) is 5.03. The minimum absolute atomic E-state index is 0.223. The summed E-state index contributed by atoms with van der Waals surface area (Å²) in [5, 5.41) is 3.73. The van der Waals surface area contributed by atoms with E-state index in [0.717, 1.165) is 44.3 Å². The Morgan fingerprint density at radius 3 is 2.68 bits per heavy atom. The average molecular weight is 264 g/mol. The van der Waals surface area contributed by atoms with Crippen LogP contribution in [-0.4, -0.2) is 36.5 Å². The zero-order valence-electron chi connectivity index (χ0n) is 12.6. The van der Waals surface area contributed by atoms with Crippen molar-refractivity contribution in [2.75, 3.05) is 19.6 Å². The number of carbonyl (C=O) groups is 1. The predicted molar refractivity (Wildman–Crippen MR) is 78.9 cm³/mol. The molecule has 0 bridgehead atoms. The van der Waals surface area contributed by atoms with Gasteiger partial charge in [-0.1, -0.05) is 18.6 Å². The van der Waals surface area contributed by atoms with E-state index in [2.05, 4.69) is 25.2 Å². The molecule has 3 nitrogen and oxygen atoms in total. The Labute approximate surface area is 117 Å². The first-order valence-corrected chi connectivity index (χ1v) is 7.70. The van der Waals surface area contributed by atoms with E-state index in [9.17, 15) is 4.79 Å². The lowest BCUT2D eigenvalue weighted by atomic mass is 9.83. The largest absolute Gasteiger partial charge is 0.343 e. The van der Waals surface area contributed by atoms with Crippen molar-refractivity contribution in [1.29, 1.82) is 0 Å². The van der Waals surface area contributed by atoms with E-state index in [-0.39, 0.29) is 5.91 Å².